The number of nitrogens with zero attached hydrogens (tertiary/aromatic N) is 3. The van der Waals surface area contributed by atoms with Crippen LogP contribution >= 0.6 is 0 Å². The van der Waals surface area contributed by atoms with Crippen LogP contribution in [0.3, 0.4) is 0 Å². The molecule has 3 unspecified atom stereocenters. The van der Waals surface area contributed by atoms with Gasteiger partial charge in [0, 0.05) is 19.3 Å². The van der Waals surface area contributed by atoms with Crippen LogP contribution in [0, 0.1) is 11.8 Å². The second-order valence-corrected chi connectivity index (χ2v) is 5.74. The van der Waals surface area contributed by atoms with Crippen LogP contribution in [0.4, 0.5) is 5.82 Å². The molecule has 1 aliphatic carbocycles. The summed E-state index contributed by atoms with van der Waals surface area (Å²) >= 11 is 0. The van der Waals surface area contributed by atoms with Gasteiger partial charge in [0.05, 0.1) is 11.8 Å². The van der Waals surface area contributed by atoms with Crippen LogP contribution in [-0.4, -0.2) is 20.6 Å². The lowest BCUT2D eigenvalue weighted by Gasteiger charge is -2.21. The number of rotatable bonds is 3. The van der Waals surface area contributed by atoms with E-state index in [1.54, 1.807) is 0 Å². The normalized spacial score (nSPS) is 27.0. The van der Waals surface area contributed by atoms with Gasteiger partial charge < -0.3 is 9.88 Å². The van der Waals surface area contributed by atoms with Crippen molar-refractivity contribution in [3.05, 3.63) is 18.6 Å². The fourth-order valence-electron chi connectivity index (χ4n) is 3.37. The average molecular weight is 258 g/mol. The highest BCUT2D eigenvalue weighted by atomic mass is 15.1. The molecule has 1 aliphatic rings. The number of hydrogen-bond donors (Lipinski definition) is 1. The predicted molar refractivity (Wildman–Crippen MR) is 78.1 cm³/mol. The molecule has 0 aliphatic heterocycles. The average Bonchev–Trinajstić information content (AvgIpc) is 2.96. The Morgan fingerprint density at radius 1 is 1.37 bits per heavy atom. The first-order chi connectivity index (χ1) is 9.20. The van der Waals surface area contributed by atoms with Gasteiger partial charge in [-0.15, -0.1) is 0 Å². The highest BCUT2D eigenvalue weighted by molar-refractivity contribution is 5.85. The van der Waals surface area contributed by atoms with Gasteiger partial charge in [-0.05, 0) is 30.7 Å². The van der Waals surface area contributed by atoms with E-state index in [9.17, 15) is 0 Å². The van der Waals surface area contributed by atoms with E-state index >= 15 is 0 Å². The molecule has 19 heavy (non-hydrogen) atoms. The molecule has 0 amide bonds. The summed E-state index contributed by atoms with van der Waals surface area (Å²) in [6, 6.07) is 2.55. The maximum absolute atomic E-state index is 4.48. The molecule has 102 valence electrons. The number of aromatic nitrogens is 3. The third kappa shape index (κ3) is 2.09. The highest BCUT2D eigenvalue weighted by Crippen LogP contribution is 2.36. The van der Waals surface area contributed by atoms with Gasteiger partial charge in [-0.3, -0.25) is 0 Å². The topological polar surface area (TPSA) is 42.7 Å². The van der Waals surface area contributed by atoms with Crippen molar-refractivity contribution < 1.29 is 0 Å². The van der Waals surface area contributed by atoms with Crippen molar-refractivity contribution in [2.24, 2.45) is 18.9 Å². The minimum Gasteiger partial charge on any atom is -0.365 e. The van der Waals surface area contributed by atoms with E-state index in [4.69, 9.17) is 0 Å². The van der Waals surface area contributed by atoms with E-state index in [0.717, 1.165) is 22.8 Å². The largest absolute Gasteiger partial charge is 0.365 e. The summed E-state index contributed by atoms with van der Waals surface area (Å²) in [5, 5.41) is 3.62. The molecular formula is C15H22N4. The summed E-state index contributed by atoms with van der Waals surface area (Å²) in [6.45, 7) is 4.65. The zero-order chi connectivity index (χ0) is 13.4. The van der Waals surface area contributed by atoms with Crippen molar-refractivity contribution in [1.29, 1.82) is 0 Å². The van der Waals surface area contributed by atoms with Gasteiger partial charge in [0.15, 0.2) is 5.82 Å². The molecule has 3 rings (SSSR count). The Morgan fingerprint density at radius 2 is 2.21 bits per heavy atom. The van der Waals surface area contributed by atoms with E-state index in [2.05, 4.69) is 29.1 Å². The van der Waals surface area contributed by atoms with Crippen molar-refractivity contribution in [1.82, 2.24) is 14.5 Å². The van der Waals surface area contributed by atoms with Gasteiger partial charge in [-0.25, -0.2) is 9.97 Å². The monoisotopic (exact) mass is 258 g/mol. The summed E-state index contributed by atoms with van der Waals surface area (Å²) in [5.74, 6) is 2.50. The molecule has 1 N–H and O–H groups in total. The van der Waals surface area contributed by atoms with Crippen molar-refractivity contribution in [2.45, 2.75) is 39.2 Å². The fourth-order valence-corrected chi connectivity index (χ4v) is 3.37. The van der Waals surface area contributed by atoms with E-state index in [1.807, 2.05) is 30.2 Å². The highest BCUT2D eigenvalue weighted by Gasteiger charge is 2.31. The lowest BCUT2D eigenvalue weighted by molar-refractivity contribution is 0.391. The van der Waals surface area contributed by atoms with Gasteiger partial charge in [0.2, 0.25) is 0 Å². The van der Waals surface area contributed by atoms with Gasteiger partial charge in [-0.1, -0.05) is 20.3 Å². The van der Waals surface area contributed by atoms with Gasteiger partial charge in [0.25, 0.3) is 0 Å². The van der Waals surface area contributed by atoms with Crippen LogP contribution in [0.5, 0.6) is 0 Å². The molecule has 4 heteroatoms. The number of pyridine rings is 1. The van der Waals surface area contributed by atoms with Crippen molar-refractivity contribution in [3.8, 4) is 0 Å². The van der Waals surface area contributed by atoms with E-state index in [-0.39, 0.29) is 0 Å². The minimum absolute atomic E-state index is 0.532. The molecule has 1 saturated carbocycles. The number of hydrogen-bond acceptors (Lipinski definition) is 3. The first-order valence-electron chi connectivity index (χ1n) is 7.23. The van der Waals surface area contributed by atoms with E-state index in [1.165, 1.54) is 19.3 Å². The summed E-state index contributed by atoms with van der Waals surface area (Å²) in [7, 11) is 2.02. The molecular weight excluding hydrogens is 236 g/mol. The van der Waals surface area contributed by atoms with Crippen molar-refractivity contribution >= 4 is 16.9 Å². The van der Waals surface area contributed by atoms with Crippen LogP contribution in [-0.2, 0) is 7.05 Å². The molecule has 2 aromatic heterocycles. The minimum atomic E-state index is 0.532. The second kappa shape index (κ2) is 4.83. The van der Waals surface area contributed by atoms with Crippen LogP contribution < -0.4 is 5.32 Å². The van der Waals surface area contributed by atoms with Crippen LogP contribution in [0.1, 0.15) is 33.1 Å². The number of aryl methyl sites for hydroxylation is 1. The molecule has 1 fully saturated rings. The third-order valence-corrected chi connectivity index (χ3v) is 4.72. The lowest BCUT2D eigenvalue weighted by atomic mass is 9.93. The number of nitrogens with one attached hydrogen (secondary N) is 1. The summed E-state index contributed by atoms with van der Waals surface area (Å²) < 4.78 is 2.04. The van der Waals surface area contributed by atoms with Crippen molar-refractivity contribution in [2.75, 3.05) is 5.32 Å². The van der Waals surface area contributed by atoms with Gasteiger partial charge in [-0.2, -0.15) is 0 Å². The first kappa shape index (κ1) is 12.5. The molecule has 3 atom stereocenters. The fraction of sp³-hybridized carbons (Fsp3) is 0.600. The molecule has 0 bridgehead atoms. The SMILES string of the molecule is CCC1CCC(Nc2nccc3c2ncn3C)C1C. The Hall–Kier alpha value is -1.58. The third-order valence-electron chi connectivity index (χ3n) is 4.72. The Balaban J connectivity index is 1.86. The summed E-state index contributed by atoms with van der Waals surface area (Å²) in [5.41, 5.74) is 2.12. The smallest absolute Gasteiger partial charge is 0.154 e. The molecule has 0 saturated heterocycles. The maximum Gasteiger partial charge on any atom is 0.154 e. The van der Waals surface area contributed by atoms with Crippen LogP contribution in [0.25, 0.3) is 11.0 Å². The molecule has 4 nitrogen and oxygen atoms in total. The molecule has 2 aromatic rings. The van der Waals surface area contributed by atoms with E-state index in [0.29, 0.717) is 12.0 Å². The number of imidazole rings is 1. The number of anilines is 1. The molecule has 0 aromatic carbocycles. The Morgan fingerprint density at radius 3 is 2.95 bits per heavy atom. The quantitative estimate of drug-likeness (QED) is 0.919. The standard InChI is InChI=1S/C15H22N4/c1-4-11-5-6-12(10(11)2)18-15-14-13(7-8-16-15)19(3)9-17-14/h7-12H,4-6H2,1-3H3,(H,16,18). The Kier molecular flexibility index (Phi) is 3.17. The van der Waals surface area contributed by atoms with E-state index < -0.39 is 0 Å². The zero-order valence-corrected chi connectivity index (χ0v) is 11.9. The van der Waals surface area contributed by atoms with Crippen LogP contribution in [0.15, 0.2) is 18.6 Å². The maximum atomic E-state index is 4.48. The Labute approximate surface area is 114 Å². The number of fused-ring (bicyclic) bond motifs is 1. The molecule has 2 heterocycles. The zero-order valence-electron chi connectivity index (χ0n) is 11.9. The van der Waals surface area contributed by atoms with Gasteiger partial charge >= 0.3 is 0 Å². The second-order valence-electron chi connectivity index (χ2n) is 5.74. The Bertz CT molecular complexity index is 575. The summed E-state index contributed by atoms with van der Waals surface area (Å²) in [4.78, 5) is 8.94. The lowest BCUT2D eigenvalue weighted by Crippen LogP contribution is -2.25. The molecule has 0 radical (unpaired) electrons. The molecule has 0 spiro atoms. The van der Waals surface area contributed by atoms with Gasteiger partial charge in [0.1, 0.15) is 5.52 Å². The van der Waals surface area contributed by atoms with Crippen LogP contribution in [0.2, 0.25) is 0 Å². The summed E-state index contributed by atoms with van der Waals surface area (Å²) in [6.07, 6.45) is 7.56. The van der Waals surface area contributed by atoms with Crippen molar-refractivity contribution in [3.63, 3.8) is 0 Å². The first-order valence-corrected chi connectivity index (χ1v) is 7.23. The predicted octanol–water partition coefficient (Wildman–Crippen LogP) is 3.20.